The van der Waals surface area contributed by atoms with Crippen molar-refractivity contribution < 1.29 is 17.5 Å². The van der Waals surface area contributed by atoms with Crippen LogP contribution in [0.25, 0.3) is 0 Å². The molecule has 8 heteroatoms. The van der Waals surface area contributed by atoms with Gasteiger partial charge in [0, 0.05) is 12.4 Å². The van der Waals surface area contributed by atoms with Crippen LogP contribution in [0.4, 0.5) is 4.39 Å². The highest BCUT2D eigenvalue weighted by molar-refractivity contribution is 7.89. The van der Waals surface area contributed by atoms with Gasteiger partial charge in [-0.2, -0.15) is 0 Å². The highest BCUT2D eigenvalue weighted by Crippen LogP contribution is 2.23. The second-order valence-electron chi connectivity index (χ2n) is 3.79. The van der Waals surface area contributed by atoms with Gasteiger partial charge in [-0.25, -0.2) is 22.9 Å². The van der Waals surface area contributed by atoms with Crippen LogP contribution in [0.15, 0.2) is 41.8 Å². The quantitative estimate of drug-likeness (QED) is 0.878. The Labute approximate surface area is 109 Å². The van der Waals surface area contributed by atoms with Crippen molar-refractivity contribution in [2.75, 3.05) is 6.61 Å². The third-order valence-electron chi connectivity index (χ3n) is 2.38. The number of benzene rings is 1. The van der Waals surface area contributed by atoms with Crippen LogP contribution in [-0.2, 0) is 16.6 Å². The third kappa shape index (κ3) is 3.52. The van der Waals surface area contributed by atoms with Gasteiger partial charge >= 0.3 is 0 Å². The molecule has 2 aromatic rings. The van der Waals surface area contributed by atoms with E-state index in [4.69, 9.17) is 9.88 Å². The van der Waals surface area contributed by atoms with E-state index in [2.05, 4.69) is 4.98 Å². The van der Waals surface area contributed by atoms with Crippen LogP contribution in [0.2, 0.25) is 0 Å². The van der Waals surface area contributed by atoms with Gasteiger partial charge in [-0.05, 0) is 18.2 Å². The van der Waals surface area contributed by atoms with Crippen LogP contribution in [0.1, 0.15) is 0 Å². The molecule has 0 radical (unpaired) electrons. The van der Waals surface area contributed by atoms with Crippen LogP contribution >= 0.6 is 0 Å². The summed E-state index contributed by atoms with van der Waals surface area (Å²) in [6.45, 7) is 0.700. The van der Waals surface area contributed by atoms with Crippen molar-refractivity contribution >= 4 is 10.0 Å². The second kappa shape index (κ2) is 5.37. The Morgan fingerprint density at radius 1 is 1.42 bits per heavy atom. The molecular formula is C11H12FN3O3S. The molecule has 0 unspecified atom stereocenters. The van der Waals surface area contributed by atoms with Crippen molar-refractivity contribution in [3.05, 3.63) is 42.7 Å². The predicted molar refractivity (Wildman–Crippen MR) is 65.5 cm³/mol. The number of hydrogen-bond donors (Lipinski definition) is 1. The first-order valence-electron chi connectivity index (χ1n) is 5.38. The highest BCUT2D eigenvalue weighted by Gasteiger charge is 2.16. The topological polar surface area (TPSA) is 87.2 Å². The molecule has 0 bridgehead atoms. The molecule has 102 valence electrons. The lowest BCUT2D eigenvalue weighted by molar-refractivity contribution is 0.290. The van der Waals surface area contributed by atoms with E-state index in [-0.39, 0.29) is 17.3 Å². The minimum atomic E-state index is -4.02. The summed E-state index contributed by atoms with van der Waals surface area (Å²) >= 11 is 0. The van der Waals surface area contributed by atoms with Crippen molar-refractivity contribution in [2.24, 2.45) is 5.14 Å². The number of rotatable bonds is 5. The molecule has 19 heavy (non-hydrogen) atoms. The number of hydrogen-bond acceptors (Lipinski definition) is 4. The van der Waals surface area contributed by atoms with Gasteiger partial charge in [-0.1, -0.05) is 0 Å². The molecule has 0 atom stereocenters. The number of nitrogens with two attached hydrogens (primary N) is 1. The van der Waals surface area contributed by atoms with Gasteiger partial charge in [0.05, 0.1) is 12.9 Å². The summed E-state index contributed by atoms with van der Waals surface area (Å²) in [6, 6.07) is 3.19. The first-order valence-corrected chi connectivity index (χ1v) is 6.92. The zero-order valence-electron chi connectivity index (χ0n) is 9.86. The zero-order valence-corrected chi connectivity index (χ0v) is 10.7. The molecule has 0 aliphatic heterocycles. The van der Waals surface area contributed by atoms with E-state index in [1.807, 2.05) is 0 Å². The monoisotopic (exact) mass is 285 g/mol. The predicted octanol–water partition coefficient (Wildman–Crippen LogP) is 0.749. The van der Waals surface area contributed by atoms with Crippen LogP contribution in [-0.4, -0.2) is 24.6 Å². The Hall–Kier alpha value is -1.93. The lowest BCUT2D eigenvalue weighted by Crippen LogP contribution is -2.15. The zero-order chi connectivity index (χ0) is 13.9. The van der Waals surface area contributed by atoms with Gasteiger partial charge in [0.25, 0.3) is 0 Å². The molecule has 0 spiro atoms. The smallest absolute Gasteiger partial charge is 0.241 e. The molecule has 0 saturated heterocycles. The lowest BCUT2D eigenvalue weighted by Gasteiger charge is -2.10. The van der Waals surface area contributed by atoms with E-state index >= 15 is 0 Å². The molecule has 0 amide bonds. The van der Waals surface area contributed by atoms with E-state index in [0.717, 1.165) is 12.1 Å². The number of primary sulfonamides is 1. The fourth-order valence-electron chi connectivity index (χ4n) is 1.50. The maximum Gasteiger partial charge on any atom is 0.241 e. The molecule has 0 fully saturated rings. The minimum absolute atomic E-state index is 0.0315. The maximum atomic E-state index is 13.0. The van der Waals surface area contributed by atoms with Gasteiger partial charge in [0.15, 0.2) is 0 Å². The average molecular weight is 285 g/mol. The Balaban J connectivity index is 2.12. The molecule has 6 nitrogen and oxygen atoms in total. The largest absolute Gasteiger partial charge is 0.490 e. The molecule has 0 saturated carbocycles. The summed E-state index contributed by atoms with van der Waals surface area (Å²) in [5.41, 5.74) is 0. The van der Waals surface area contributed by atoms with Crippen molar-refractivity contribution in [2.45, 2.75) is 11.4 Å². The average Bonchev–Trinajstić information content (AvgIpc) is 2.83. The van der Waals surface area contributed by atoms with E-state index in [9.17, 15) is 12.8 Å². The Morgan fingerprint density at radius 3 is 2.84 bits per heavy atom. The summed E-state index contributed by atoms with van der Waals surface area (Å²) in [6.07, 6.45) is 4.97. The summed E-state index contributed by atoms with van der Waals surface area (Å²) in [7, 11) is -4.02. The number of ether oxygens (including phenoxy) is 1. The fourth-order valence-corrected chi connectivity index (χ4v) is 2.19. The van der Waals surface area contributed by atoms with Crippen molar-refractivity contribution in [3.63, 3.8) is 0 Å². The van der Waals surface area contributed by atoms with E-state index in [0.29, 0.717) is 6.54 Å². The highest BCUT2D eigenvalue weighted by atomic mass is 32.2. The number of aromatic nitrogens is 2. The number of halogens is 1. The molecule has 0 aliphatic rings. The molecular weight excluding hydrogens is 273 g/mol. The van der Waals surface area contributed by atoms with Gasteiger partial charge in [-0.3, -0.25) is 0 Å². The molecule has 1 aromatic heterocycles. The van der Waals surface area contributed by atoms with Gasteiger partial charge in [-0.15, -0.1) is 0 Å². The molecule has 0 aliphatic carbocycles. The van der Waals surface area contributed by atoms with Crippen molar-refractivity contribution in [3.8, 4) is 5.75 Å². The van der Waals surface area contributed by atoms with Crippen LogP contribution in [0.5, 0.6) is 5.75 Å². The number of nitrogens with zero attached hydrogens (tertiary/aromatic N) is 2. The molecule has 1 heterocycles. The first kappa shape index (κ1) is 13.5. The summed E-state index contributed by atoms with van der Waals surface area (Å²) in [5.74, 6) is -0.657. The summed E-state index contributed by atoms with van der Waals surface area (Å²) < 4.78 is 42.7. The minimum Gasteiger partial charge on any atom is -0.490 e. The van der Waals surface area contributed by atoms with E-state index < -0.39 is 15.8 Å². The SMILES string of the molecule is NS(=O)(=O)c1cc(F)ccc1OCCn1ccnc1. The van der Waals surface area contributed by atoms with Gasteiger partial charge in [0.1, 0.15) is 23.1 Å². The van der Waals surface area contributed by atoms with Gasteiger partial charge < -0.3 is 9.30 Å². The van der Waals surface area contributed by atoms with E-state index in [1.165, 1.54) is 6.07 Å². The molecule has 2 rings (SSSR count). The third-order valence-corrected chi connectivity index (χ3v) is 3.31. The Morgan fingerprint density at radius 2 is 2.21 bits per heavy atom. The Kier molecular flexibility index (Phi) is 3.82. The normalized spacial score (nSPS) is 11.5. The van der Waals surface area contributed by atoms with Crippen molar-refractivity contribution in [1.82, 2.24) is 9.55 Å². The lowest BCUT2D eigenvalue weighted by atomic mass is 10.3. The fraction of sp³-hybridized carbons (Fsp3) is 0.182. The van der Waals surface area contributed by atoms with Crippen LogP contribution < -0.4 is 9.88 Å². The van der Waals surface area contributed by atoms with Crippen LogP contribution in [0.3, 0.4) is 0 Å². The van der Waals surface area contributed by atoms with Crippen molar-refractivity contribution in [1.29, 1.82) is 0 Å². The second-order valence-corrected chi connectivity index (χ2v) is 5.31. The summed E-state index contributed by atoms with van der Waals surface area (Å²) in [4.78, 5) is 3.50. The van der Waals surface area contributed by atoms with E-state index in [1.54, 1.807) is 23.3 Å². The molecule has 2 N–H and O–H groups in total. The Bertz CT molecular complexity index is 656. The standard InChI is InChI=1S/C11H12FN3O3S/c12-9-1-2-10(11(7-9)19(13,16)17)18-6-5-15-4-3-14-8-15/h1-4,7-8H,5-6H2,(H2,13,16,17). The molecule has 1 aromatic carbocycles. The number of imidazole rings is 1. The summed E-state index contributed by atoms with van der Waals surface area (Å²) in [5, 5.41) is 5.00. The maximum absolute atomic E-state index is 13.0. The van der Waals surface area contributed by atoms with Gasteiger partial charge in [0.2, 0.25) is 10.0 Å². The number of sulfonamides is 1. The first-order chi connectivity index (χ1) is 8.97. The van der Waals surface area contributed by atoms with Crippen LogP contribution in [0, 0.1) is 5.82 Å².